The number of rotatable bonds is 8. The lowest BCUT2D eigenvalue weighted by molar-refractivity contribution is -0.136. The molecule has 0 radical (unpaired) electrons. The molecule has 0 aromatic carbocycles. The van der Waals surface area contributed by atoms with Crippen LogP contribution in [0.4, 0.5) is 0 Å². The van der Waals surface area contributed by atoms with Crippen LogP contribution in [-0.4, -0.2) is 38.4 Å². The van der Waals surface area contributed by atoms with Gasteiger partial charge in [-0.05, 0) is 38.1 Å². The number of aromatic nitrogens is 2. The van der Waals surface area contributed by atoms with Gasteiger partial charge in [-0.2, -0.15) is 0 Å². The van der Waals surface area contributed by atoms with Crippen molar-refractivity contribution in [3.8, 4) is 0 Å². The van der Waals surface area contributed by atoms with E-state index in [1.54, 1.807) is 0 Å². The number of carboxylic acid groups (broad SMARTS) is 1. The Morgan fingerprint density at radius 2 is 2.18 bits per heavy atom. The van der Waals surface area contributed by atoms with Crippen LogP contribution >= 0.6 is 0 Å². The summed E-state index contributed by atoms with van der Waals surface area (Å²) in [6, 6.07) is 3.99. The summed E-state index contributed by atoms with van der Waals surface area (Å²) >= 11 is 0. The van der Waals surface area contributed by atoms with Crippen molar-refractivity contribution in [1.29, 1.82) is 0 Å². The van der Waals surface area contributed by atoms with Crippen molar-refractivity contribution in [3.05, 3.63) is 35.3 Å². The second kappa shape index (κ2) is 7.40. The van der Waals surface area contributed by atoms with Gasteiger partial charge < -0.3 is 9.51 Å². The van der Waals surface area contributed by atoms with Gasteiger partial charge in [0, 0.05) is 12.7 Å². The lowest BCUT2D eigenvalue weighted by atomic mass is 10.2. The third-order valence-electron chi connectivity index (χ3n) is 3.99. The predicted octanol–water partition coefficient (Wildman–Crippen LogP) is 2.89. The number of fused-ring (bicyclic) bond motifs is 1. The topological polar surface area (TPSA) is 57.8 Å². The summed E-state index contributed by atoms with van der Waals surface area (Å²) < 4.78 is 2.04. The molecule has 0 amide bonds. The number of nitrogens with zero attached hydrogens (tertiary/aromatic N) is 3. The Labute approximate surface area is 131 Å². The highest BCUT2D eigenvalue weighted by atomic mass is 16.4. The van der Waals surface area contributed by atoms with Gasteiger partial charge in [-0.1, -0.05) is 26.3 Å². The van der Waals surface area contributed by atoms with Crippen LogP contribution in [0.3, 0.4) is 0 Å². The van der Waals surface area contributed by atoms with Gasteiger partial charge in [0.2, 0.25) is 0 Å². The number of imidazole rings is 1. The van der Waals surface area contributed by atoms with E-state index < -0.39 is 5.97 Å². The molecule has 0 spiro atoms. The van der Waals surface area contributed by atoms with E-state index in [4.69, 9.17) is 5.11 Å². The van der Waals surface area contributed by atoms with Crippen LogP contribution in [0.1, 0.15) is 43.6 Å². The molecule has 2 aromatic rings. The van der Waals surface area contributed by atoms with Crippen molar-refractivity contribution in [2.45, 2.75) is 46.6 Å². The minimum absolute atomic E-state index is 0.0260. The Morgan fingerprint density at radius 3 is 2.82 bits per heavy atom. The highest BCUT2D eigenvalue weighted by molar-refractivity contribution is 5.70. The average Bonchev–Trinajstić information content (AvgIpc) is 2.82. The van der Waals surface area contributed by atoms with Gasteiger partial charge >= 0.3 is 5.97 Å². The van der Waals surface area contributed by atoms with E-state index in [0.717, 1.165) is 49.4 Å². The molecule has 2 aromatic heterocycles. The molecule has 5 nitrogen and oxygen atoms in total. The predicted molar refractivity (Wildman–Crippen MR) is 87.1 cm³/mol. The summed E-state index contributed by atoms with van der Waals surface area (Å²) in [6.07, 6.45) is 4.26. The molecule has 0 bridgehead atoms. The summed E-state index contributed by atoms with van der Waals surface area (Å²) in [7, 11) is 0. The second-order valence-electron chi connectivity index (χ2n) is 5.68. The number of hydrogen-bond donors (Lipinski definition) is 1. The molecule has 0 atom stereocenters. The maximum atomic E-state index is 11.1. The van der Waals surface area contributed by atoms with Gasteiger partial charge in [0.1, 0.15) is 5.65 Å². The molecule has 0 aliphatic carbocycles. The van der Waals surface area contributed by atoms with E-state index in [9.17, 15) is 4.79 Å². The van der Waals surface area contributed by atoms with E-state index in [0.29, 0.717) is 5.69 Å². The molecular weight excluding hydrogens is 278 g/mol. The first kappa shape index (κ1) is 16.5. The average molecular weight is 303 g/mol. The Hall–Kier alpha value is -1.88. The molecule has 120 valence electrons. The smallest absolute Gasteiger partial charge is 0.309 e. The van der Waals surface area contributed by atoms with Gasteiger partial charge in [0.25, 0.3) is 0 Å². The van der Waals surface area contributed by atoms with Crippen LogP contribution in [-0.2, 0) is 17.8 Å². The molecule has 1 N–H and O–H groups in total. The zero-order valence-corrected chi connectivity index (χ0v) is 13.7. The van der Waals surface area contributed by atoms with Crippen molar-refractivity contribution < 1.29 is 9.90 Å². The van der Waals surface area contributed by atoms with Crippen LogP contribution in [0, 0.1) is 6.92 Å². The van der Waals surface area contributed by atoms with Crippen LogP contribution in [0.2, 0.25) is 0 Å². The van der Waals surface area contributed by atoms with Crippen LogP contribution in [0.5, 0.6) is 0 Å². The molecule has 0 aliphatic heterocycles. The molecule has 5 heteroatoms. The fourth-order valence-corrected chi connectivity index (χ4v) is 2.69. The maximum absolute atomic E-state index is 11.1. The minimum atomic E-state index is -0.834. The largest absolute Gasteiger partial charge is 0.481 e. The first-order valence-electron chi connectivity index (χ1n) is 7.96. The minimum Gasteiger partial charge on any atom is -0.481 e. The van der Waals surface area contributed by atoms with Crippen molar-refractivity contribution in [2.75, 3.05) is 13.1 Å². The zero-order valence-electron chi connectivity index (χ0n) is 13.7. The second-order valence-corrected chi connectivity index (χ2v) is 5.68. The van der Waals surface area contributed by atoms with Gasteiger partial charge in [0.05, 0.1) is 17.8 Å². The van der Waals surface area contributed by atoms with Gasteiger partial charge in [-0.15, -0.1) is 0 Å². The normalized spacial score (nSPS) is 11.5. The van der Waals surface area contributed by atoms with Crippen LogP contribution in [0.15, 0.2) is 18.3 Å². The number of hydrogen-bond acceptors (Lipinski definition) is 3. The van der Waals surface area contributed by atoms with Crippen molar-refractivity contribution >= 4 is 11.6 Å². The highest BCUT2D eigenvalue weighted by Crippen LogP contribution is 2.18. The molecule has 2 rings (SSSR count). The molecule has 0 aliphatic rings. The van der Waals surface area contributed by atoms with E-state index in [1.165, 1.54) is 0 Å². The third kappa shape index (κ3) is 3.65. The Kier molecular flexibility index (Phi) is 5.55. The van der Waals surface area contributed by atoms with Crippen molar-refractivity contribution in [2.24, 2.45) is 0 Å². The standard InChI is InChI=1S/C17H25N3O2/c1-4-6-9-19(5-2)12-15-14(11-16(21)22)18-17-13(3)8-7-10-20(15)17/h7-8,10H,4-6,9,11-12H2,1-3H3,(H,21,22). The maximum Gasteiger partial charge on any atom is 0.309 e. The van der Waals surface area contributed by atoms with E-state index in [-0.39, 0.29) is 6.42 Å². The Balaban J connectivity index is 2.40. The molecule has 2 heterocycles. The monoisotopic (exact) mass is 303 g/mol. The van der Waals surface area contributed by atoms with E-state index in [1.807, 2.05) is 29.7 Å². The summed E-state index contributed by atoms with van der Waals surface area (Å²) in [6.45, 7) is 9.04. The number of aliphatic carboxylic acids is 1. The van der Waals surface area contributed by atoms with Crippen LogP contribution in [0.25, 0.3) is 5.65 Å². The first-order valence-corrected chi connectivity index (χ1v) is 7.96. The number of carbonyl (C=O) groups is 1. The lowest BCUT2D eigenvalue weighted by Crippen LogP contribution is -2.25. The molecule has 0 saturated heterocycles. The number of aryl methyl sites for hydroxylation is 1. The number of pyridine rings is 1. The van der Waals surface area contributed by atoms with Crippen LogP contribution < -0.4 is 0 Å². The summed E-state index contributed by atoms with van der Waals surface area (Å²) in [5.41, 5.74) is 3.60. The van der Waals surface area contributed by atoms with Crippen molar-refractivity contribution in [3.63, 3.8) is 0 Å². The molecule has 0 unspecified atom stereocenters. The number of unbranched alkanes of at least 4 members (excludes halogenated alkanes) is 1. The third-order valence-corrected chi connectivity index (χ3v) is 3.99. The molecule has 22 heavy (non-hydrogen) atoms. The Bertz CT molecular complexity index is 649. The fourth-order valence-electron chi connectivity index (χ4n) is 2.69. The van der Waals surface area contributed by atoms with Gasteiger partial charge in [0.15, 0.2) is 0 Å². The zero-order chi connectivity index (χ0) is 16.1. The molecular formula is C17H25N3O2. The summed E-state index contributed by atoms with van der Waals surface area (Å²) in [4.78, 5) is 18.1. The highest BCUT2D eigenvalue weighted by Gasteiger charge is 2.17. The number of carboxylic acids is 1. The van der Waals surface area contributed by atoms with E-state index >= 15 is 0 Å². The van der Waals surface area contributed by atoms with Crippen molar-refractivity contribution in [1.82, 2.24) is 14.3 Å². The van der Waals surface area contributed by atoms with Gasteiger partial charge in [-0.3, -0.25) is 9.69 Å². The van der Waals surface area contributed by atoms with E-state index in [2.05, 4.69) is 23.7 Å². The quantitative estimate of drug-likeness (QED) is 0.814. The molecule has 0 saturated carbocycles. The lowest BCUT2D eigenvalue weighted by Gasteiger charge is -2.20. The van der Waals surface area contributed by atoms with Gasteiger partial charge in [-0.25, -0.2) is 4.98 Å². The summed E-state index contributed by atoms with van der Waals surface area (Å²) in [5, 5.41) is 9.16. The molecule has 0 fully saturated rings. The Morgan fingerprint density at radius 1 is 1.41 bits per heavy atom. The summed E-state index contributed by atoms with van der Waals surface area (Å²) in [5.74, 6) is -0.834. The fraction of sp³-hybridized carbons (Fsp3) is 0.529. The first-order chi connectivity index (χ1) is 10.6. The SMILES string of the molecule is CCCCN(CC)Cc1c(CC(=O)O)nc2c(C)cccn12.